The first kappa shape index (κ1) is 20.4. The van der Waals surface area contributed by atoms with Crippen molar-refractivity contribution in [2.45, 2.75) is 25.8 Å². The minimum absolute atomic E-state index is 0.0641. The number of carbonyl (C=O) groups excluding carboxylic acids is 2. The molecule has 148 valence electrons. The number of piperazine rings is 1. The van der Waals surface area contributed by atoms with Gasteiger partial charge in [-0.1, -0.05) is 23.2 Å². The number of carbonyl (C=O) groups is 2. The maximum absolute atomic E-state index is 12.6. The van der Waals surface area contributed by atoms with Crippen molar-refractivity contribution in [2.75, 3.05) is 51.1 Å². The molecule has 8 heteroatoms. The van der Waals surface area contributed by atoms with Crippen LogP contribution in [0, 0.1) is 0 Å². The van der Waals surface area contributed by atoms with E-state index in [1.165, 1.54) is 9.80 Å². The Morgan fingerprint density at radius 3 is 2.48 bits per heavy atom. The molecule has 1 atom stereocenters. The SMILES string of the molecule is C[C@H](C(=O)Nc1cc(Cl)ccc1Cl)[NH+]1CC[NH+](CC(=O)N2CCCC2)CC1. The van der Waals surface area contributed by atoms with Crippen LogP contribution in [0.2, 0.25) is 10.0 Å². The summed E-state index contributed by atoms with van der Waals surface area (Å²) in [5.74, 6) is 0.207. The molecule has 2 amide bonds. The average Bonchev–Trinajstić information content (AvgIpc) is 3.19. The number of halogens is 2. The number of benzene rings is 1. The molecule has 2 aliphatic heterocycles. The predicted molar refractivity (Wildman–Crippen MR) is 107 cm³/mol. The summed E-state index contributed by atoms with van der Waals surface area (Å²) in [6.07, 6.45) is 2.25. The summed E-state index contributed by atoms with van der Waals surface area (Å²) < 4.78 is 0. The van der Waals surface area contributed by atoms with Gasteiger partial charge in [0.1, 0.15) is 26.2 Å². The molecule has 0 aliphatic carbocycles. The molecule has 1 aromatic rings. The summed E-state index contributed by atoms with van der Waals surface area (Å²) in [6, 6.07) is 4.85. The molecule has 3 rings (SSSR count). The lowest BCUT2D eigenvalue weighted by Gasteiger charge is -2.33. The van der Waals surface area contributed by atoms with Gasteiger partial charge in [0.05, 0.1) is 10.7 Å². The Labute approximate surface area is 170 Å². The van der Waals surface area contributed by atoms with Gasteiger partial charge >= 0.3 is 0 Å². The van der Waals surface area contributed by atoms with Crippen LogP contribution in [-0.4, -0.2) is 68.6 Å². The first-order valence-electron chi connectivity index (χ1n) is 9.66. The summed E-state index contributed by atoms with van der Waals surface area (Å²) >= 11 is 12.1. The standard InChI is InChI=1S/C19H26Cl2N4O2/c1-14(19(27)22-17-12-15(20)4-5-16(17)21)24-10-8-23(9-11-24)13-18(26)25-6-2-3-7-25/h4-5,12,14H,2-3,6-11,13H2,1H3,(H,22,27)/p+2/t14-/m1/s1. The molecule has 0 unspecified atom stereocenters. The van der Waals surface area contributed by atoms with Crippen molar-refractivity contribution in [3.8, 4) is 0 Å². The molecule has 6 nitrogen and oxygen atoms in total. The van der Waals surface area contributed by atoms with E-state index in [0.29, 0.717) is 22.3 Å². The van der Waals surface area contributed by atoms with Gasteiger partial charge < -0.3 is 20.0 Å². The summed E-state index contributed by atoms with van der Waals surface area (Å²) in [7, 11) is 0. The van der Waals surface area contributed by atoms with E-state index < -0.39 is 0 Å². The second-order valence-corrected chi connectivity index (χ2v) is 8.35. The predicted octanol–water partition coefficient (Wildman–Crippen LogP) is -0.274. The summed E-state index contributed by atoms with van der Waals surface area (Å²) in [4.78, 5) is 29.5. The molecule has 0 aromatic heterocycles. The summed E-state index contributed by atoms with van der Waals surface area (Å²) in [5, 5.41) is 3.90. The smallest absolute Gasteiger partial charge is 0.282 e. The van der Waals surface area contributed by atoms with Crippen LogP contribution in [0.4, 0.5) is 5.69 Å². The highest BCUT2D eigenvalue weighted by Crippen LogP contribution is 2.25. The van der Waals surface area contributed by atoms with Gasteiger partial charge in [-0.15, -0.1) is 0 Å². The van der Waals surface area contributed by atoms with E-state index in [1.807, 2.05) is 11.8 Å². The van der Waals surface area contributed by atoms with Gasteiger partial charge in [-0.05, 0) is 38.0 Å². The zero-order chi connectivity index (χ0) is 19.4. The minimum atomic E-state index is -0.184. The van der Waals surface area contributed by atoms with E-state index in [-0.39, 0.29) is 17.9 Å². The highest BCUT2D eigenvalue weighted by Gasteiger charge is 2.33. The van der Waals surface area contributed by atoms with Crippen molar-refractivity contribution >= 4 is 40.7 Å². The normalized spacial score (nSPS) is 23.9. The van der Waals surface area contributed by atoms with Gasteiger partial charge in [-0.2, -0.15) is 0 Å². The zero-order valence-corrected chi connectivity index (χ0v) is 17.2. The molecule has 3 N–H and O–H groups in total. The molecule has 0 bridgehead atoms. The molecule has 0 saturated carbocycles. The molecule has 2 heterocycles. The van der Waals surface area contributed by atoms with Gasteiger partial charge in [0.2, 0.25) is 0 Å². The van der Waals surface area contributed by atoms with E-state index in [0.717, 1.165) is 52.1 Å². The van der Waals surface area contributed by atoms with Crippen molar-refractivity contribution in [1.82, 2.24) is 4.90 Å². The largest absolute Gasteiger partial charge is 0.338 e. The van der Waals surface area contributed by atoms with Crippen LogP contribution >= 0.6 is 23.2 Å². The molecular formula is C19H28Cl2N4O2+2. The highest BCUT2D eigenvalue weighted by molar-refractivity contribution is 6.35. The highest BCUT2D eigenvalue weighted by atomic mass is 35.5. The quantitative estimate of drug-likeness (QED) is 0.620. The second kappa shape index (κ2) is 9.24. The zero-order valence-electron chi connectivity index (χ0n) is 15.7. The number of hydrogen-bond acceptors (Lipinski definition) is 2. The molecule has 0 spiro atoms. The van der Waals surface area contributed by atoms with Crippen LogP contribution in [-0.2, 0) is 9.59 Å². The lowest BCUT2D eigenvalue weighted by atomic mass is 10.2. The van der Waals surface area contributed by atoms with Crippen LogP contribution in [0.25, 0.3) is 0 Å². The van der Waals surface area contributed by atoms with Gasteiger partial charge in [0, 0.05) is 18.1 Å². The fraction of sp³-hybridized carbons (Fsp3) is 0.579. The van der Waals surface area contributed by atoms with E-state index >= 15 is 0 Å². The second-order valence-electron chi connectivity index (χ2n) is 7.51. The van der Waals surface area contributed by atoms with E-state index in [1.54, 1.807) is 18.2 Å². The van der Waals surface area contributed by atoms with Gasteiger partial charge in [-0.25, -0.2) is 0 Å². The molecule has 2 aliphatic rings. The fourth-order valence-electron chi connectivity index (χ4n) is 3.85. The maximum Gasteiger partial charge on any atom is 0.282 e. The lowest BCUT2D eigenvalue weighted by Crippen LogP contribution is -3.30. The Bertz CT molecular complexity index is 686. The summed E-state index contributed by atoms with van der Waals surface area (Å²) in [6.45, 7) is 7.89. The number of quaternary nitrogens is 2. The third-order valence-corrected chi connectivity index (χ3v) is 6.22. The Morgan fingerprint density at radius 1 is 1.15 bits per heavy atom. The minimum Gasteiger partial charge on any atom is -0.338 e. The van der Waals surface area contributed by atoms with Crippen LogP contribution in [0.15, 0.2) is 18.2 Å². The lowest BCUT2D eigenvalue weighted by molar-refractivity contribution is -1.01. The van der Waals surface area contributed by atoms with E-state index in [4.69, 9.17) is 23.2 Å². The van der Waals surface area contributed by atoms with Crippen molar-refractivity contribution in [2.24, 2.45) is 0 Å². The number of amides is 2. The van der Waals surface area contributed by atoms with Crippen LogP contribution in [0.3, 0.4) is 0 Å². The number of nitrogens with one attached hydrogen (secondary N) is 3. The third kappa shape index (κ3) is 5.35. The number of anilines is 1. The van der Waals surface area contributed by atoms with Crippen LogP contribution in [0.5, 0.6) is 0 Å². The Kier molecular flexibility index (Phi) is 6.98. The van der Waals surface area contributed by atoms with Gasteiger partial charge in [0.25, 0.3) is 11.8 Å². The molecule has 2 saturated heterocycles. The Hall–Kier alpha value is -1.34. The fourth-order valence-corrected chi connectivity index (χ4v) is 4.18. The van der Waals surface area contributed by atoms with Gasteiger partial charge in [0.15, 0.2) is 12.6 Å². The van der Waals surface area contributed by atoms with Crippen LogP contribution < -0.4 is 15.1 Å². The number of nitrogens with zero attached hydrogens (tertiary/aromatic N) is 1. The monoisotopic (exact) mass is 414 g/mol. The molecule has 0 radical (unpaired) electrons. The number of likely N-dealkylation sites (tertiary alicyclic amines) is 1. The average molecular weight is 415 g/mol. The Balaban J connectivity index is 1.47. The van der Waals surface area contributed by atoms with Crippen molar-refractivity contribution < 1.29 is 19.4 Å². The topological polar surface area (TPSA) is 58.3 Å². The van der Waals surface area contributed by atoms with Crippen molar-refractivity contribution in [3.05, 3.63) is 28.2 Å². The molecule has 2 fully saturated rings. The molecular weight excluding hydrogens is 387 g/mol. The molecule has 27 heavy (non-hydrogen) atoms. The van der Waals surface area contributed by atoms with E-state index in [9.17, 15) is 9.59 Å². The van der Waals surface area contributed by atoms with Gasteiger partial charge in [-0.3, -0.25) is 9.59 Å². The Morgan fingerprint density at radius 2 is 1.81 bits per heavy atom. The third-order valence-electron chi connectivity index (χ3n) is 5.65. The van der Waals surface area contributed by atoms with Crippen LogP contribution in [0.1, 0.15) is 19.8 Å². The number of rotatable bonds is 5. The van der Waals surface area contributed by atoms with E-state index in [2.05, 4.69) is 5.32 Å². The first-order chi connectivity index (χ1) is 12.9. The number of hydrogen-bond donors (Lipinski definition) is 3. The first-order valence-corrected chi connectivity index (χ1v) is 10.4. The summed E-state index contributed by atoms with van der Waals surface area (Å²) in [5.41, 5.74) is 0.542. The van der Waals surface area contributed by atoms with Crippen molar-refractivity contribution in [1.29, 1.82) is 0 Å². The molecule has 1 aromatic carbocycles. The van der Waals surface area contributed by atoms with Crippen molar-refractivity contribution in [3.63, 3.8) is 0 Å². The maximum atomic E-state index is 12.6.